The van der Waals surface area contributed by atoms with Crippen molar-refractivity contribution in [2.45, 2.75) is 138 Å². The number of benzene rings is 3. The van der Waals surface area contributed by atoms with E-state index >= 15 is 17.6 Å². The van der Waals surface area contributed by atoms with Crippen LogP contribution in [0.15, 0.2) is 66.6 Å². The van der Waals surface area contributed by atoms with Crippen LogP contribution in [0.1, 0.15) is 138 Å². The van der Waals surface area contributed by atoms with Gasteiger partial charge in [0.15, 0.2) is 5.78 Å². The molecule has 1 radical (unpaired) electrons. The zero-order chi connectivity index (χ0) is 41.6. The first kappa shape index (κ1) is 46.6. The summed E-state index contributed by atoms with van der Waals surface area (Å²) in [5, 5.41) is 12.3. The molecule has 4 aromatic rings. The number of ketones is 1. The summed E-state index contributed by atoms with van der Waals surface area (Å²) in [4.78, 5) is 16.3. The number of carbonyl (C=O) groups is 1. The first-order valence-electron chi connectivity index (χ1n) is 20.6. The van der Waals surface area contributed by atoms with Crippen molar-refractivity contribution in [2.75, 3.05) is 0 Å². The van der Waals surface area contributed by atoms with Gasteiger partial charge in [-0.1, -0.05) is 124 Å². The Balaban J connectivity index is 0.000000385. The number of hydrogen-bond acceptors (Lipinski definition) is 3. The largest absolute Gasteiger partial charge is 0.512 e. The van der Waals surface area contributed by atoms with Crippen LogP contribution >= 0.6 is 0 Å². The van der Waals surface area contributed by atoms with E-state index in [1.807, 2.05) is 85.7 Å². The van der Waals surface area contributed by atoms with Gasteiger partial charge >= 0.3 is 0 Å². The normalized spacial score (nSPS) is 19.9. The minimum Gasteiger partial charge on any atom is -0.512 e. The monoisotopic (exact) mass is 965 g/mol. The number of aliphatic hydroxyl groups excluding tert-OH is 1. The van der Waals surface area contributed by atoms with Gasteiger partial charge in [0.2, 0.25) is 0 Å². The van der Waals surface area contributed by atoms with Gasteiger partial charge < -0.3 is 5.11 Å². The maximum atomic E-state index is 16.6. The molecule has 1 heterocycles. The number of hydrogen-bond donors (Lipinski definition) is 1. The molecule has 0 spiro atoms. The van der Waals surface area contributed by atoms with Crippen LogP contribution in [0.5, 0.6) is 0 Å². The third-order valence-electron chi connectivity index (χ3n) is 12.4. The fraction of sp³-hybridized carbons (Fsp3) is 0.551. The molecule has 313 valence electrons. The van der Waals surface area contributed by atoms with Crippen molar-refractivity contribution in [1.29, 1.82) is 0 Å². The van der Waals surface area contributed by atoms with E-state index in [-0.39, 0.29) is 65.1 Å². The fourth-order valence-corrected chi connectivity index (χ4v) is 10.1. The van der Waals surface area contributed by atoms with E-state index in [9.17, 15) is 9.90 Å². The predicted octanol–water partition coefficient (Wildman–Crippen LogP) is 14.7. The Kier molecular flexibility index (Phi) is 14.1. The van der Waals surface area contributed by atoms with Gasteiger partial charge in [0.25, 0.3) is 11.8 Å². The van der Waals surface area contributed by atoms with Crippen LogP contribution in [0.2, 0.25) is 0 Å². The van der Waals surface area contributed by atoms with Gasteiger partial charge in [-0.3, -0.25) is 9.78 Å². The number of alkyl halides is 4. The van der Waals surface area contributed by atoms with Crippen LogP contribution < -0.4 is 0 Å². The maximum Gasteiger partial charge on any atom is 0.283 e. The van der Waals surface area contributed by atoms with Gasteiger partial charge in [0, 0.05) is 61.0 Å². The number of rotatable bonds is 9. The van der Waals surface area contributed by atoms with Crippen molar-refractivity contribution in [1.82, 2.24) is 4.98 Å². The van der Waals surface area contributed by atoms with E-state index in [4.69, 9.17) is 0 Å². The van der Waals surface area contributed by atoms with Gasteiger partial charge in [0.1, 0.15) is 0 Å². The van der Waals surface area contributed by atoms with Crippen molar-refractivity contribution in [3.63, 3.8) is 0 Å². The molecule has 57 heavy (non-hydrogen) atoms. The number of aromatic nitrogens is 1. The Morgan fingerprint density at radius 3 is 2.00 bits per heavy atom. The van der Waals surface area contributed by atoms with E-state index in [0.717, 1.165) is 48.4 Å². The summed E-state index contributed by atoms with van der Waals surface area (Å²) in [6, 6.07) is 17.6. The number of carbonyl (C=O) groups excluding carboxylic acids is 1. The molecule has 3 nitrogen and oxygen atoms in total. The zero-order valence-corrected chi connectivity index (χ0v) is 38.1. The summed E-state index contributed by atoms with van der Waals surface area (Å²) in [6.45, 7) is 22.5. The smallest absolute Gasteiger partial charge is 0.283 e. The summed E-state index contributed by atoms with van der Waals surface area (Å²) >= 11 is 0. The van der Waals surface area contributed by atoms with Crippen molar-refractivity contribution in [3.05, 3.63) is 89.3 Å². The number of aliphatic hydroxyl groups is 1. The van der Waals surface area contributed by atoms with Crippen LogP contribution in [0.4, 0.5) is 17.6 Å². The molecule has 1 aromatic heterocycles. The Morgan fingerprint density at radius 2 is 1.44 bits per heavy atom. The van der Waals surface area contributed by atoms with Gasteiger partial charge in [-0.2, -0.15) is 0 Å². The molecular formula is C49H62F4IrNO2-. The third-order valence-corrected chi connectivity index (χ3v) is 12.4. The SMILES string of the molecule is CC1(C)CC(C2C(F)(F)c3ccc4cnc(-c5[c-]c6ccccc6c(C(C)(C)C)c5)cc4c3C2(F)F)CC(C)(C)C1.CCC(CC)C(=O)/C=C(\O)C(CC)CC.[Ir]. The first-order chi connectivity index (χ1) is 26.0. The first-order valence-corrected chi connectivity index (χ1v) is 20.6. The van der Waals surface area contributed by atoms with Crippen LogP contribution in [0, 0.1) is 40.6 Å². The molecule has 1 fully saturated rings. The Morgan fingerprint density at radius 1 is 0.860 bits per heavy atom. The van der Waals surface area contributed by atoms with Gasteiger partial charge in [0.05, 0.1) is 11.7 Å². The average Bonchev–Trinajstić information content (AvgIpc) is 3.27. The molecule has 0 saturated heterocycles. The molecule has 1 N–H and O–H groups in total. The second-order valence-electron chi connectivity index (χ2n) is 19.1. The van der Waals surface area contributed by atoms with E-state index in [2.05, 4.69) is 31.8 Å². The topological polar surface area (TPSA) is 50.2 Å². The van der Waals surface area contributed by atoms with Gasteiger partial charge in [-0.25, -0.2) is 17.6 Å². The van der Waals surface area contributed by atoms with Crippen molar-refractivity contribution in [3.8, 4) is 11.3 Å². The molecule has 8 heteroatoms. The minimum atomic E-state index is -3.69. The quantitative estimate of drug-likeness (QED) is 0.0787. The molecule has 2 aliphatic rings. The zero-order valence-electron chi connectivity index (χ0n) is 35.7. The summed E-state index contributed by atoms with van der Waals surface area (Å²) in [6.07, 6.45) is 7.96. The number of nitrogens with zero attached hydrogens (tertiary/aromatic N) is 1. The molecule has 0 aliphatic heterocycles. The standard InChI is InChI=1S/C36H38F4N.C13H24O2.Ir/c1-32(2,3)28-15-23(14-21-10-8-9-11-25(21)28)29-16-26-22(19-41-29)12-13-27-30(26)36(39,40)31(35(27,37)38)24-17-33(4,5)20-34(6,7)18-24;1-5-10(6-2)12(14)9-13(15)11(7-3)8-4;/h8-13,15-16,19,24,31H,17-18,20H2,1-7H3;9-11,14H,5-8H2,1-4H3;/q-1;;/b;12-9-;. The molecule has 0 bridgehead atoms. The summed E-state index contributed by atoms with van der Waals surface area (Å²) in [5.74, 6) is -9.66. The van der Waals surface area contributed by atoms with Crippen molar-refractivity contribution in [2.24, 2.45) is 34.5 Å². The van der Waals surface area contributed by atoms with Gasteiger partial charge in [-0.15, -0.1) is 29.1 Å². The Labute approximate surface area is 351 Å². The molecule has 0 amide bonds. The van der Waals surface area contributed by atoms with Crippen LogP contribution in [0.25, 0.3) is 32.8 Å². The van der Waals surface area contributed by atoms with Crippen LogP contribution in [-0.4, -0.2) is 15.9 Å². The number of pyridine rings is 1. The van der Waals surface area contributed by atoms with Crippen molar-refractivity contribution >= 4 is 27.3 Å². The van der Waals surface area contributed by atoms with Gasteiger partial charge in [-0.05, 0) is 77.9 Å². The van der Waals surface area contributed by atoms with Crippen LogP contribution in [-0.2, 0) is 42.2 Å². The second kappa shape index (κ2) is 17.3. The van der Waals surface area contributed by atoms with E-state index in [1.165, 1.54) is 24.4 Å². The number of allylic oxidation sites excluding steroid dienone is 2. The van der Waals surface area contributed by atoms with E-state index < -0.39 is 34.8 Å². The molecule has 1 atom stereocenters. The van der Waals surface area contributed by atoms with Crippen molar-refractivity contribution < 1.29 is 47.6 Å². The summed E-state index contributed by atoms with van der Waals surface area (Å²) < 4.78 is 65.5. The molecule has 2 aliphatic carbocycles. The second-order valence-corrected chi connectivity index (χ2v) is 19.1. The average molecular weight is 965 g/mol. The molecular weight excluding hydrogens is 903 g/mol. The summed E-state index contributed by atoms with van der Waals surface area (Å²) in [7, 11) is 0. The minimum absolute atomic E-state index is 0. The molecule has 1 saturated carbocycles. The van der Waals surface area contributed by atoms with E-state index in [1.54, 1.807) is 6.07 Å². The predicted molar refractivity (Wildman–Crippen MR) is 222 cm³/mol. The summed E-state index contributed by atoms with van der Waals surface area (Å²) in [5.41, 5.74) is 0.347. The van der Waals surface area contributed by atoms with E-state index in [0.29, 0.717) is 29.5 Å². The molecule has 6 rings (SSSR count). The molecule has 1 unspecified atom stereocenters. The Hall–Kier alpha value is -3.09. The molecule has 3 aromatic carbocycles. The number of fused-ring (bicyclic) bond motifs is 4. The Bertz CT molecular complexity index is 2070. The third kappa shape index (κ3) is 9.54. The maximum absolute atomic E-state index is 16.6. The van der Waals surface area contributed by atoms with Crippen LogP contribution in [0.3, 0.4) is 0 Å². The number of halogens is 4. The fourth-order valence-electron chi connectivity index (χ4n) is 10.1.